The van der Waals surface area contributed by atoms with Gasteiger partial charge in [-0.25, -0.2) is 9.97 Å². The van der Waals surface area contributed by atoms with Gasteiger partial charge in [0.25, 0.3) is 5.91 Å². The summed E-state index contributed by atoms with van der Waals surface area (Å²) in [4.78, 5) is 35.2. The first-order chi connectivity index (χ1) is 12.7. The van der Waals surface area contributed by atoms with Gasteiger partial charge >= 0.3 is 0 Å². The first-order valence-corrected chi connectivity index (χ1v) is 8.61. The highest BCUT2D eigenvalue weighted by atomic mass is 16.5. The maximum absolute atomic E-state index is 12.8. The van der Waals surface area contributed by atoms with Gasteiger partial charge in [-0.15, -0.1) is 0 Å². The van der Waals surface area contributed by atoms with Crippen molar-refractivity contribution >= 4 is 11.8 Å². The van der Waals surface area contributed by atoms with Crippen molar-refractivity contribution in [2.45, 2.75) is 26.0 Å². The molecule has 0 spiro atoms. The summed E-state index contributed by atoms with van der Waals surface area (Å²) in [6.07, 6.45) is 2.98. The molecule has 1 aliphatic heterocycles. The van der Waals surface area contributed by atoms with Crippen LogP contribution in [0.1, 0.15) is 33.9 Å². The highest BCUT2D eigenvalue weighted by Crippen LogP contribution is 2.16. The second kappa shape index (κ2) is 8.53. The third-order valence-electron chi connectivity index (χ3n) is 4.22. The van der Waals surface area contributed by atoms with Gasteiger partial charge < -0.3 is 15.0 Å². The highest BCUT2D eigenvalue weighted by molar-refractivity contribution is 5.97. The van der Waals surface area contributed by atoms with E-state index in [0.29, 0.717) is 37.5 Å². The summed E-state index contributed by atoms with van der Waals surface area (Å²) in [7, 11) is 1.58. The Hall–Kier alpha value is -2.80. The van der Waals surface area contributed by atoms with Gasteiger partial charge in [-0.3, -0.25) is 9.59 Å². The van der Waals surface area contributed by atoms with E-state index in [4.69, 9.17) is 4.74 Å². The summed E-state index contributed by atoms with van der Waals surface area (Å²) in [5.41, 5.74) is 2.22. The third kappa shape index (κ3) is 4.43. The number of hydrogen-bond donors (Lipinski definition) is 1. The molecule has 1 aromatic carbocycles. The van der Waals surface area contributed by atoms with E-state index < -0.39 is 0 Å². The Labute approximate surface area is 152 Å². The summed E-state index contributed by atoms with van der Waals surface area (Å²) in [5.74, 6) is 0.187. The summed E-state index contributed by atoms with van der Waals surface area (Å²) >= 11 is 0. The topological polar surface area (TPSA) is 84.4 Å². The van der Waals surface area contributed by atoms with Crippen molar-refractivity contribution in [2.75, 3.05) is 20.2 Å². The van der Waals surface area contributed by atoms with Gasteiger partial charge in [-0.1, -0.05) is 30.3 Å². The van der Waals surface area contributed by atoms with Crippen LogP contribution in [0.2, 0.25) is 0 Å². The van der Waals surface area contributed by atoms with Crippen LogP contribution in [-0.4, -0.2) is 46.9 Å². The van der Waals surface area contributed by atoms with E-state index in [1.54, 1.807) is 18.2 Å². The number of benzene rings is 1. The number of rotatable bonds is 6. The van der Waals surface area contributed by atoms with Crippen LogP contribution in [-0.2, 0) is 29.1 Å². The molecule has 0 atom stereocenters. The molecule has 2 heterocycles. The lowest BCUT2D eigenvalue weighted by atomic mass is 10.1. The molecule has 3 rings (SSSR count). The third-order valence-corrected chi connectivity index (χ3v) is 4.22. The first kappa shape index (κ1) is 18.0. The molecule has 0 bridgehead atoms. The van der Waals surface area contributed by atoms with Gasteiger partial charge in [0.05, 0.1) is 17.8 Å². The van der Waals surface area contributed by atoms with Gasteiger partial charge in [0.1, 0.15) is 6.61 Å². The Bertz CT molecular complexity index is 780. The van der Waals surface area contributed by atoms with E-state index in [1.165, 1.54) is 0 Å². The van der Waals surface area contributed by atoms with Crippen molar-refractivity contribution in [2.24, 2.45) is 0 Å². The molecule has 136 valence electrons. The minimum atomic E-state index is -0.198. The SMILES string of the molecule is COCc1ncc2c(n1)CCCN(CC(=O)NCc1ccccc1)C2=O. The van der Waals surface area contributed by atoms with Gasteiger partial charge in [0, 0.05) is 26.4 Å². The average molecular weight is 354 g/mol. The lowest BCUT2D eigenvalue weighted by molar-refractivity contribution is -0.122. The molecule has 0 radical (unpaired) electrons. The normalized spacial score (nSPS) is 13.9. The monoisotopic (exact) mass is 354 g/mol. The van der Waals surface area contributed by atoms with E-state index in [9.17, 15) is 9.59 Å². The minimum Gasteiger partial charge on any atom is -0.377 e. The Kier molecular flexibility index (Phi) is 5.91. The number of carbonyl (C=O) groups excluding carboxylic acids is 2. The van der Waals surface area contributed by atoms with Crippen molar-refractivity contribution < 1.29 is 14.3 Å². The van der Waals surface area contributed by atoms with Crippen LogP contribution in [0.5, 0.6) is 0 Å². The van der Waals surface area contributed by atoms with Gasteiger partial charge in [0.15, 0.2) is 5.82 Å². The highest BCUT2D eigenvalue weighted by Gasteiger charge is 2.25. The van der Waals surface area contributed by atoms with Gasteiger partial charge in [-0.2, -0.15) is 0 Å². The number of fused-ring (bicyclic) bond motifs is 1. The molecule has 0 fully saturated rings. The van der Waals surface area contributed by atoms with Crippen LogP contribution >= 0.6 is 0 Å². The largest absolute Gasteiger partial charge is 0.377 e. The molecule has 0 saturated heterocycles. The lowest BCUT2D eigenvalue weighted by Gasteiger charge is -2.20. The molecule has 0 aliphatic carbocycles. The lowest BCUT2D eigenvalue weighted by Crippen LogP contribution is -2.40. The minimum absolute atomic E-state index is 0.0327. The average Bonchev–Trinajstić information content (AvgIpc) is 2.80. The van der Waals surface area contributed by atoms with Crippen LogP contribution < -0.4 is 5.32 Å². The number of nitrogens with one attached hydrogen (secondary N) is 1. The summed E-state index contributed by atoms with van der Waals surface area (Å²) in [6, 6.07) is 9.67. The second-order valence-corrected chi connectivity index (χ2v) is 6.17. The second-order valence-electron chi connectivity index (χ2n) is 6.17. The summed E-state index contributed by atoms with van der Waals surface area (Å²) in [6.45, 7) is 1.31. The number of methoxy groups -OCH3 is 1. The standard InChI is InChI=1S/C19H22N4O3/c1-26-13-17-20-11-15-16(22-17)8-5-9-23(19(15)25)12-18(24)21-10-14-6-3-2-4-7-14/h2-4,6-7,11H,5,8-10,12-13H2,1H3,(H,21,24). The fourth-order valence-corrected chi connectivity index (χ4v) is 2.91. The van der Waals surface area contributed by atoms with E-state index in [1.807, 2.05) is 30.3 Å². The van der Waals surface area contributed by atoms with Crippen LogP contribution in [0.25, 0.3) is 0 Å². The van der Waals surface area contributed by atoms with Crippen LogP contribution in [0.15, 0.2) is 36.5 Å². The molecule has 26 heavy (non-hydrogen) atoms. The maximum atomic E-state index is 12.8. The molecule has 7 heteroatoms. The van der Waals surface area contributed by atoms with Crippen molar-refractivity contribution in [1.29, 1.82) is 0 Å². The fraction of sp³-hybridized carbons (Fsp3) is 0.368. The number of aryl methyl sites for hydroxylation is 1. The molecule has 0 saturated carbocycles. The van der Waals surface area contributed by atoms with Gasteiger partial charge in [-0.05, 0) is 18.4 Å². The fourth-order valence-electron chi connectivity index (χ4n) is 2.91. The Morgan fingerprint density at radius 3 is 2.88 bits per heavy atom. The number of aromatic nitrogens is 2. The molecular weight excluding hydrogens is 332 g/mol. The van der Waals surface area contributed by atoms with E-state index in [2.05, 4.69) is 15.3 Å². The number of amides is 2. The molecule has 2 aromatic rings. The molecule has 1 aromatic heterocycles. The van der Waals surface area contributed by atoms with Crippen molar-refractivity contribution in [3.05, 3.63) is 59.2 Å². The summed E-state index contributed by atoms with van der Waals surface area (Å²) in [5, 5.41) is 2.86. The van der Waals surface area contributed by atoms with Crippen molar-refractivity contribution in [3.8, 4) is 0 Å². The van der Waals surface area contributed by atoms with E-state index in [0.717, 1.165) is 17.7 Å². The molecule has 1 aliphatic rings. The predicted molar refractivity (Wildman–Crippen MR) is 95.3 cm³/mol. The van der Waals surface area contributed by atoms with Crippen molar-refractivity contribution in [3.63, 3.8) is 0 Å². The Balaban J connectivity index is 1.63. The predicted octanol–water partition coefficient (Wildman–Crippen LogP) is 1.33. The molecule has 2 amide bonds. The molecule has 1 N–H and O–H groups in total. The first-order valence-electron chi connectivity index (χ1n) is 8.61. The molecule has 7 nitrogen and oxygen atoms in total. The zero-order valence-electron chi connectivity index (χ0n) is 14.8. The van der Waals surface area contributed by atoms with Crippen LogP contribution in [0, 0.1) is 0 Å². The summed E-state index contributed by atoms with van der Waals surface area (Å²) < 4.78 is 5.04. The molecular formula is C19H22N4O3. The van der Waals surface area contributed by atoms with Crippen LogP contribution in [0.3, 0.4) is 0 Å². The number of ether oxygens (including phenoxy) is 1. The number of hydrogen-bond acceptors (Lipinski definition) is 5. The Morgan fingerprint density at radius 1 is 1.31 bits per heavy atom. The zero-order valence-corrected chi connectivity index (χ0v) is 14.8. The van der Waals surface area contributed by atoms with Crippen molar-refractivity contribution in [1.82, 2.24) is 20.2 Å². The van der Waals surface area contributed by atoms with Crippen LogP contribution in [0.4, 0.5) is 0 Å². The Morgan fingerprint density at radius 2 is 2.12 bits per heavy atom. The number of carbonyl (C=O) groups is 2. The van der Waals surface area contributed by atoms with Gasteiger partial charge in [0.2, 0.25) is 5.91 Å². The van der Waals surface area contributed by atoms with E-state index in [-0.39, 0.29) is 18.4 Å². The smallest absolute Gasteiger partial charge is 0.257 e. The maximum Gasteiger partial charge on any atom is 0.257 e. The molecule has 0 unspecified atom stereocenters. The zero-order chi connectivity index (χ0) is 18.4. The quantitative estimate of drug-likeness (QED) is 0.846. The van der Waals surface area contributed by atoms with E-state index >= 15 is 0 Å². The number of nitrogens with zero attached hydrogens (tertiary/aromatic N) is 3.